The van der Waals surface area contributed by atoms with Crippen LogP contribution in [0.3, 0.4) is 0 Å². The predicted octanol–water partition coefficient (Wildman–Crippen LogP) is 3.16. The lowest BCUT2D eigenvalue weighted by Crippen LogP contribution is -2.34. The summed E-state index contributed by atoms with van der Waals surface area (Å²) in [5, 5.41) is 3.22. The molecular formula is C20H25ClN2O4S. The van der Waals surface area contributed by atoms with Gasteiger partial charge in [0.1, 0.15) is 5.75 Å². The minimum absolute atomic E-state index is 0.125. The molecule has 0 heterocycles. The first-order chi connectivity index (χ1) is 13.4. The quantitative estimate of drug-likeness (QED) is 0.542. The second-order valence-electron chi connectivity index (χ2n) is 6.13. The smallest absolute Gasteiger partial charge is 0.240 e. The summed E-state index contributed by atoms with van der Waals surface area (Å²) >= 11 is 5.99. The topological polar surface area (TPSA) is 84.5 Å². The van der Waals surface area contributed by atoms with Crippen molar-refractivity contribution < 1.29 is 17.9 Å². The van der Waals surface area contributed by atoms with E-state index in [4.69, 9.17) is 16.3 Å². The first-order valence-electron chi connectivity index (χ1n) is 9.15. The second-order valence-corrected chi connectivity index (χ2v) is 8.30. The van der Waals surface area contributed by atoms with Gasteiger partial charge in [-0.15, -0.1) is 0 Å². The number of aryl methyl sites for hydroxylation is 1. The highest BCUT2D eigenvalue weighted by molar-refractivity contribution is 7.89. The van der Waals surface area contributed by atoms with Gasteiger partial charge in [0.2, 0.25) is 15.9 Å². The summed E-state index contributed by atoms with van der Waals surface area (Å²) in [6.07, 6.45) is 1.67. The molecule has 0 aliphatic rings. The van der Waals surface area contributed by atoms with Gasteiger partial charge in [-0.05, 0) is 42.7 Å². The third kappa shape index (κ3) is 7.14. The summed E-state index contributed by atoms with van der Waals surface area (Å²) in [4.78, 5) is 12.0. The molecular weight excluding hydrogens is 400 g/mol. The van der Waals surface area contributed by atoms with E-state index in [9.17, 15) is 13.2 Å². The maximum Gasteiger partial charge on any atom is 0.240 e. The molecule has 0 aromatic heterocycles. The van der Waals surface area contributed by atoms with E-state index in [2.05, 4.69) is 10.0 Å². The minimum atomic E-state index is -3.57. The van der Waals surface area contributed by atoms with Crippen molar-refractivity contribution in [2.45, 2.75) is 31.1 Å². The molecule has 0 spiro atoms. The Morgan fingerprint density at radius 3 is 2.46 bits per heavy atom. The maximum atomic E-state index is 12.2. The summed E-state index contributed by atoms with van der Waals surface area (Å²) < 4.78 is 32.4. The molecule has 28 heavy (non-hydrogen) atoms. The number of para-hydroxylation sites is 1. The van der Waals surface area contributed by atoms with Gasteiger partial charge in [-0.25, -0.2) is 13.1 Å². The highest BCUT2D eigenvalue weighted by Crippen LogP contribution is 2.23. The maximum absolute atomic E-state index is 12.2. The van der Waals surface area contributed by atoms with Gasteiger partial charge in [-0.3, -0.25) is 4.79 Å². The van der Waals surface area contributed by atoms with E-state index >= 15 is 0 Å². The van der Waals surface area contributed by atoms with E-state index in [1.165, 1.54) is 0 Å². The molecule has 0 bridgehead atoms. The average Bonchev–Trinajstić information content (AvgIpc) is 2.70. The van der Waals surface area contributed by atoms with Gasteiger partial charge in [0, 0.05) is 19.5 Å². The largest absolute Gasteiger partial charge is 0.492 e. The summed E-state index contributed by atoms with van der Waals surface area (Å²) in [6, 6.07) is 13.9. The lowest BCUT2D eigenvalue weighted by molar-refractivity contribution is -0.121. The Kier molecular flexibility index (Phi) is 8.76. The third-order valence-corrected chi connectivity index (χ3v) is 5.81. The van der Waals surface area contributed by atoms with Crippen molar-refractivity contribution in [3.8, 4) is 5.75 Å². The number of hydrogen-bond acceptors (Lipinski definition) is 4. The molecule has 0 saturated heterocycles. The fraction of sp³-hybridized carbons (Fsp3) is 0.350. The number of benzene rings is 2. The van der Waals surface area contributed by atoms with Crippen LogP contribution in [-0.4, -0.2) is 34.0 Å². The molecule has 0 unspecified atom stereocenters. The molecule has 2 aromatic rings. The summed E-state index contributed by atoms with van der Waals surface area (Å²) in [5.74, 6) is 0.431. The van der Waals surface area contributed by atoms with Crippen molar-refractivity contribution in [2.24, 2.45) is 0 Å². The Bertz CT molecular complexity index is 870. The fourth-order valence-corrected chi connectivity index (χ4v) is 3.66. The highest BCUT2D eigenvalue weighted by atomic mass is 35.5. The summed E-state index contributed by atoms with van der Waals surface area (Å²) in [6.45, 7) is 2.72. The van der Waals surface area contributed by atoms with E-state index in [0.717, 1.165) is 12.0 Å². The van der Waals surface area contributed by atoms with E-state index in [0.29, 0.717) is 23.8 Å². The molecule has 0 aliphatic heterocycles. The molecule has 152 valence electrons. The van der Waals surface area contributed by atoms with Crippen LogP contribution in [0.5, 0.6) is 5.75 Å². The van der Waals surface area contributed by atoms with Gasteiger partial charge < -0.3 is 10.1 Å². The van der Waals surface area contributed by atoms with Gasteiger partial charge in [-0.1, -0.05) is 42.8 Å². The number of amides is 1. The van der Waals surface area contributed by atoms with Crippen LogP contribution in [0.1, 0.15) is 25.3 Å². The normalized spacial score (nSPS) is 11.2. The number of halogens is 1. The van der Waals surface area contributed by atoms with Gasteiger partial charge in [0.15, 0.2) is 0 Å². The molecule has 8 heteroatoms. The number of carbonyl (C=O) groups is 1. The number of ether oxygens (including phenoxy) is 1. The van der Waals surface area contributed by atoms with Crippen LogP contribution in [0, 0.1) is 0 Å². The number of rotatable bonds is 11. The van der Waals surface area contributed by atoms with Crippen LogP contribution in [0.2, 0.25) is 5.02 Å². The standard InChI is InChI=1S/C20H25ClN2O4S/c1-2-16-9-11-17(12-10-16)28(25,26)23-14-13-22-20(24)8-5-15-27-19-7-4-3-6-18(19)21/h3-4,6-7,9-12,23H,2,5,8,13-15H2,1H3,(H,22,24). The molecule has 0 aliphatic carbocycles. The molecule has 6 nitrogen and oxygen atoms in total. The van der Waals surface area contributed by atoms with Gasteiger partial charge in [0.25, 0.3) is 0 Å². The molecule has 2 rings (SSSR count). The second kappa shape index (κ2) is 11.0. The van der Waals surface area contributed by atoms with Crippen LogP contribution in [0.15, 0.2) is 53.4 Å². The Morgan fingerprint density at radius 2 is 1.79 bits per heavy atom. The van der Waals surface area contributed by atoms with E-state index in [-0.39, 0.29) is 30.3 Å². The summed E-state index contributed by atoms with van der Waals surface area (Å²) in [7, 11) is -3.57. The lowest BCUT2D eigenvalue weighted by atomic mass is 10.2. The Balaban J connectivity index is 1.63. The third-order valence-electron chi connectivity index (χ3n) is 4.02. The SMILES string of the molecule is CCc1ccc(S(=O)(=O)NCCNC(=O)CCCOc2ccccc2Cl)cc1. The van der Waals surface area contributed by atoms with Crippen molar-refractivity contribution in [1.29, 1.82) is 0 Å². The van der Waals surface area contributed by atoms with Gasteiger partial charge in [0.05, 0.1) is 16.5 Å². The minimum Gasteiger partial charge on any atom is -0.492 e. The number of nitrogens with one attached hydrogen (secondary N) is 2. The fourth-order valence-electron chi connectivity index (χ4n) is 2.44. The molecule has 0 fully saturated rings. The van der Waals surface area contributed by atoms with Gasteiger partial charge >= 0.3 is 0 Å². The van der Waals surface area contributed by atoms with Crippen molar-refractivity contribution in [1.82, 2.24) is 10.0 Å². The molecule has 2 N–H and O–H groups in total. The number of hydrogen-bond donors (Lipinski definition) is 2. The van der Waals surface area contributed by atoms with Crippen molar-refractivity contribution in [3.05, 3.63) is 59.1 Å². The highest BCUT2D eigenvalue weighted by Gasteiger charge is 2.13. The zero-order chi connectivity index (χ0) is 20.4. The Morgan fingerprint density at radius 1 is 1.07 bits per heavy atom. The van der Waals surface area contributed by atoms with Crippen molar-refractivity contribution >= 4 is 27.5 Å². The van der Waals surface area contributed by atoms with Crippen molar-refractivity contribution in [3.63, 3.8) is 0 Å². The molecule has 1 amide bonds. The van der Waals surface area contributed by atoms with Crippen LogP contribution in [-0.2, 0) is 21.2 Å². The van der Waals surface area contributed by atoms with Crippen LogP contribution < -0.4 is 14.8 Å². The predicted molar refractivity (Wildman–Crippen MR) is 110 cm³/mol. The Labute approximate surface area is 171 Å². The summed E-state index contributed by atoms with van der Waals surface area (Å²) in [5.41, 5.74) is 1.07. The van der Waals surface area contributed by atoms with Gasteiger partial charge in [-0.2, -0.15) is 0 Å². The molecule has 0 saturated carbocycles. The lowest BCUT2D eigenvalue weighted by Gasteiger charge is -2.09. The first-order valence-corrected chi connectivity index (χ1v) is 11.0. The zero-order valence-electron chi connectivity index (χ0n) is 15.8. The molecule has 2 aromatic carbocycles. The molecule has 0 atom stereocenters. The van der Waals surface area contributed by atoms with Crippen LogP contribution >= 0.6 is 11.6 Å². The van der Waals surface area contributed by atoms with E-state index < -0.39 is 10.0 Å². The zero-order valence-corrected chi connectivity index (χ0v) is 17.4. The van der Waals surface area contributed by atoms with E-state index in [1.54, 1.807) is 36.4 Å². The first kappa shape index (κ1) is 22.2. The molecule has 0 radical (unpaired) electrons. The van der Waals surface area contributed by atoms with E-state index in [1.807, 2.05) is 19.1 Å². The van der Waals surface area contributed by atoms with Crippen molar-refractivity contribution in [2.75, 3.05) is 19.7 Å². The Hall–Kier alpha value is -2.09. The monoisotopic (exact) mass is 424 g/mol. The number of sulfonamides is 1. The van der Waals surface area contributed by atoms with Crippen LogP contribution in [0.4, 0.5) is 0 Å². The van der Waals surface area contributed by atoms with Crippen LogP contribution in [0.25, 0.3) is 0 Å². The average molecular weight is 425 g/mol. The number of carbonyl (C=O) groups excluding carboxylic acids is 1.